The van der Waals surface area contributed by atoms with Crippen molar-refractivity contribution in [1.82, 2.24) is 4.90 Å². The summed E-state index contributed by atoms with van der Waals surface area (Å²) in [6, 6.07) is 4.73. The molecule has 2 nitrogen and oxygen atoms in total. The maximum Gasteiger partial charge on any atom is 0.264 e. The van der Waals surface area contributed by atoms with E-state index in [1.807, 2.05) is 17.5 Å². The fraction of sp³-hybridized carbons (Fsp3) is 0.583. The van der Waals surface area contributed by atoms with Crippen molar-refractivity contribution in [2.45, 2.75) is 45.2 Å². The zero-order valence-electron chi connectivity index (χ0n) is 9.27. The van der Waals surface area contributed by atoms with E-state index in [-0.39, 0.29) is 5.91 Å². The summed E-state index contributed by atoms with van der Waals surface area (Å²) in [5, 5.41) is 1.97. The van der Waals surface area contributed by atoms with E-state index in [0.29, 0.717) is 12.1 Å². The third-order valence-corrected chi connectivity index (χ3v) is 4.08. The topological polar surface area (TPSA) is 20.3 Å². The molecule has 2 rings (SSSR count). The lowest BCUT2D eigenvalue weighted by Crippen LogP contribution is -2.39. The third kappa shape index (κ3) is 1.93. The predicted molar refractivity (Wildman–Crippen MR) is 63.3 cm³/mol. The Labute approximate surface area is 94.9 Å². The van der Waals surface area contributed by atoms with E-state index >= 15 is 0 Å². The Bertz CT molecular complexity index is 333. The molecule has 2 unspecified atom stereocenters. The van der Waals surface area contributed by atoms with Crippen molar-refractivity contribution in [3.05, 3.63) is 22.4 Å². The molecule has 1 amide bonds. The largest absolute Gasteiger partial charge is 0.332 e. The molecule has 1 saturated heterocycles. The van der Waals surface area contributed by atoms with Crippen LogP contribution in [0.4, 0.5) is 0 Å². The molecule has 0 aromatic carbocycles. The van der Waals surface area contributed by atoms with E-state index in [2.05, 4.69) is 18.7 Å². The van der Waals surface area contributed by atoms with Crippen molar-refractivity contribution < 1.29 is 4.79 Å². The van der Waals surface area contributed by atoms with Crippen LogP contribution in [0.2, 0.25) is 0 Å². The number of nitrogens with zero attached hydrogens (tertiary/aromatic N) is 1. The summed E-state index contributed by atoms with van der Waals surface area (Å²) in [5.74, 6) is 0.224. The van der Waals surface area contributed by atoms with Crippen LogP contribution in [-0.4, -0.2) is 22.9 Å². The number of likely N-dealkylation sites (tertiary alicyclic amines) is 1. The summed E-state index contributed by atoms with van der Waals surface area (Å²) in [7, 11) is 0. The summed E-state index contributed by atoms with van der Waals surface area (Å²) in [6.45, 7) is 4.32. The smallest absolute Gasteiger partial charge is 0.264 e. The lowest BCUT2D eigenvalue weighted by Gasteiger charge is -2.27. The zero-order valence-corrected chi connectivity index (χ0v) is 10.1. The number of amides is 1. The highest BCUT2D eigenvalue weighted by Crippen LogP contribution is 2.28. The fourth-order valence-electron chi connectivity index (χ4n) is 2.37. The molecule has 0 aliphatic carbocycles. The van der Waals surface area contributed by atoms with Crippen LogP contribution in [0.3, 0.4) is 0 Å². The molecule has 0 bridgehead atoms. The van der Waals surface area contributed by atoms with Gasteiger partial charge in [-0.3, -0.25) is 4.79 Å². The van der Waals surface area contributed by atoms with E-state index in [1.54, 1.807) is 11.3 Å². The molecule has 3 heteroatoms. The minimum atomic E-state index is 0.224. The molecule has 1 aliphatic heterocycles. The normalized spacial score (nSPS) is 25.9. The average molecular weight is 223 g/mol. The molecule has 15 heavy (non-hydrogen) atoms. The summed E-state index contributed by atoms with van der Waals surface area (Å²) >= 11 is 1.54. The Morgan fingerprint density at radius 1 is 1.60 bits per heavy atom. The van der Waals surface area contributed by atoms with Crippen molar-refractivity contribution in [2.75, 3.05) is 0 Å². The summed E-state index contributed by atoms with van der Waals surface area (Å²) in [4.78, 5) is 15.2. The van der Waals surface area contributed by atoms with Crippen LogP contribution >= 0.6 is 11.3 Å². The molecule has 0 radical (unpaired) electrons. The SMILES string of the molecule is CCC1CCC(C)N1C(=O)c1cccs1. The molecule has 82 valence electrons. The maximum absolute atomic E-state index is 12.2. The van der Waals surface area contributed by atoms with E-state index in [4.69, 9.17) is 0 Å². The van der Waals surface area contributed by atoms with Crippen LogP contribution in [0.1, 0.15) is 42.8 Å². The number of carbonyl (C=O) groups excluding carboxylic acids is 1. The van der Waals surface area contributed by atoms with Crippen LogP contribution in [0.5, 0.6) is 0 Å². The maximum atomic E-state index is 12.2. The van der Waals surface area contributed by atoms with Crippen LogP contribution < -0.4 is 0 Å². The van der Waals surface area contributed by atoms with E-state index < -0.39 is 0 Å². The lowest BCUT2D eigenvalue weighted by atomic mass is 10.1. The van der Waals surface area contributed by atoms with Crippen molar-refractivity contribution >= 4 is 17.2 Å². The Morgan fingerprint density at radius 3 is 3.00 bits per heavy atom. The quantitative estimate of drug-likeness (QED) is 0.754. The highest BCUT2D eigenvalue weighted by atomic mass is 32.1. The highest BCUT2D eigenvalue weighted by molar-refractivity contribution is 7.12. The molecule has 0 saturated carbocycles. The summed E-state index contributed by atoms with van der Waals surface area (Å²) in [5.41, 5.74) is 0. The van der Waals surface area contributed by atoms with Crippen molar-refractivity contribution in [3.8, 4) is 0 Å². The third-order valence-electron chi connectivity index (χ3n) is 3.22. The van der Waals surface area contributed by atoms with Gasteiger partial charge in [-0.15, -0.1) is 11.3 Å². The van der Waals surface area contributed by atoms with Gasteiger partial charge in [0.25, 0.3) is 5.91 Å². The number of carbonyl (C=O) groups is 1. The monoisotopic (exact) mass is 223 g/mol. The minimum Gasteiger partial charge on any atom is -0.332 e. The molecule has 2 heterocycles. The predicted octanol–water partition coefficient (Wildman–Crippen LogP) is 3.15. The fourth-order valence-corrected chi connectivity index (χ4v) is 3.03. The molecule has 0 N–H and O–H groups in total. The van der Waals surface area contributed by atoms with Crippen molar-refractivity contribution in [1.29, 1.82) is 0 Å². The molecule has 1 aliphatic rings. The number of rotatable bonds is 2. The molecular formula is C12H17NOS. The van der Waals surface area contributed by atoms with Gasteiger partial charge < -0.3 is 4.90 Å². The second kappa shape index (κ2) is 4.35. The minimum absolute atomic E-state index is 0.224. The first-order valence-electron chi connectivity index (χ1n) is 5.60. The van der Waals surface area contributed by atoms with E-state index in [0.717, 1.165) is 24.1 Å². The second-order valence-electron chi connectivity index (χ2n) is 4.18. The van der Waals surface area contributed by atoms with Gasteiger partial charge in [0.1, 0.15) is 0 Å². The average Bonchev–Trinajstić information content (AvgIpc) is 2.85. The molecule has 1 fully saturated rings. The van der Waals surface area contributed by atoms with Gasteiger partial charge in [0.15, 0.2) is 0 Å². The van der Waals surface area contributed by atoms with Gasteiger partial charge in [0, 0.05) is 12.1 Å². The Balaban J connectivity index is 2.18. The molecule has 2 atom stereocenters. The lowest BCUT2D eigenvalue weighted by molar-refractivity contribution is 0.0681. The summed E-state index contributed by atoms with van der Waals surface area (Å²) < 4.78 is 0. The first kappa shape index (κ1) is 10.7. The van der Waals surface area contributed by atoms with Gasteiger partial charge in [0.2, 0.25) is 0 Å². The van der Waals surface area contributed by atoms with Crippen LogP contribution in [-0.2, 0) is 0 Å². The Morgan fingerprint density at radius 2 is 2.40 bits per heavy atom. The molecule has 1 aromatic rings. The number of hydrogen-bond donors (Lipinski definition) is 0. The number of hydrogen-bond acceptors (Lipinski definition) is 2. The Hall–Kier alpha value is -0.830. The van der Waals surface area contributed by atoms with Crippen molar-refractivity contribution in [3.63, 3.8) is 0 Å². The van der Waals surface area contributed by atoms with Gasteiger partial charge in [-0.1, -0.05) is 13.0 Å². The van der Waals surface area contributed by atoms with Crippen LogP contribution in [0.15, 0.2) is 17.5 Å². The first-order chi connectivity index (χ1) is 7.24. The van der Waals surface area contributed by atoms with E-state index in [1.165, 1.54) is 0 Å². The second-order valence-corrected chi connectivity index (χ2v) is 5.13. The van der Waals surface area contributed by atoms with Gasteiger partial charge in [-0.25, -0.2) is 0 Å². The molecule has 1 aromatic heterocycles. The number of thiophene rings is 1. The van der Waals surface area contributed by atoms with E-state index in [9.17, 15) is 4.79 Å². The van der Waals surface area contributed by atoms with Crippen LogP contribution in [0.25, 0.3) is 0 Å². The van der Waals surface area contributed by atoms with Crippen molar-refractivity contribution in [2.24, 2.45) is 0 Å². The first-order valence-corrected chi connectivity index (χ1v) is 6.48. The van der Waals surface area contributed by atoms with Crippen LogP contribution in [0, 0.1) is 0 Å². The standard InChI is InChI=1S/C12H17NOS/c1-3-10-7-6-9(2)13(10)12(14)11-5-4-8-15-11/h4-5,8-10H,3,6-7H2,1-2H3. The Kier molecular flexibility index (Phi) is 3.10. The van der Waals surface area contributed by atoms with Gasteiger partial charge in [0.05, 0.1) is 4.88 Å². The molecule has 0 spiro atoms. The van der Waals surface area contributed by atoms with Gasteiger partial charge >= 0.3 is 0 Å². The highest BCUT2D eigenvalue weighted by Gasteiger charge is 2.33. The van der Waals surface area contributed by atoms with Gasteiger partial charge in [-0.2, -0.15) is 0 Å². The van der Waals surface area contributed by atoms with Gasteiger partial charge in [-0.05, 0) is 37.6 Å². The summed E-state index contributed by atoms with van der Waals surface area (Å²) in [6.07, 6.45) is 3.38. The molecular weight excluding hydrogens is 206 g/mol. The zero-order chi connectivity index (χ0) is 10.8.